The third-order valence-electron chi connectivity index (χ3n) is 5.23. The normalized spacial score (nSPS) is 18.4. The summed E-state index contributed by atoms with van der Waals surface area (Å²) in [5.74, 6) is -0.499. The van der Waals surface area contributed by atoms with Crippen LogP contribution >= 0.6 is 23.2 Å². The first-order valence-corrected chi connectivity index (χ1v) is 10.3. The van der Waals surface area contributed by atoms with Gasteiger partial charge in [0.2, 0.25) is 5.88 Å². The molecule has 2 N–H and O–H groups in total. The topological polar surface area (TPSA) is 85.3 Å². The predicted molar refractivity (Wildman–Crippen MR) is 114 cm³/mol. The van der Waals surface area contributed by atoms with Crippen molar-refractivity contribution < 1.29 is 18.7 Å². The van der Waals surface area contributed by atoms with Crippen molar-refractivity contribution in [2.24, 2.45) is 5.73 Å². The fourth-order valence-corrected chi connectivity index (χ4v) is 4.47. The summed E-state index contributed by atoms with van der Waals surface area (Å²) in [6.45, 7) is 0.0674. The van der Waals surface area contributed by atoms with Gasteiger partial charge in [0, 0.05) is 18.4 Å². The standard InChI is InChI=1S/C23H17Cl2FN2O3/c24-16-8-13(9-17(25)22(16)30-11-12-3-1-4-14(26)7-12)20-15(10-27)23(28)31-19-6-2-5-18(29)21(19)20/h1,3-4,7-9,20H,2,5-6,11,28H2/t20-/m0/s1. The molecule has 0 aromatic heterocycles. The molecule has 0 bridgehead atoms. The van der Waals surface area contributed by atoms with Crippen LogP contribution < -0.4 is 10.5 Å². The Bertz CT molecular complexity index is 1160. The van der Waals surface area contributed by atoms with Crippen LogP contribution in [0.1, 0.15) is 36.3 Å². The van der Waals surface area contributed by atoms with E-state index in [0.717, 1.165) is 0 Å². The summed E-state index contributed by atoms with van der Waals surface area (Å²) in [6.07, 6.45) is 1.59. The van der Waals surface area contributed by atoms with E-state index in [0.29, 0.717) is 41.7 Å². The molecule has 1 atom stereocenters. The van der Waals surface area contributed by atoms with Crippen molar-refractivity contribution >= 4 is 29.0 Å². The second-order valence-electron chi connectivity index (χ2n) is 7.27. The summed E-state index contributed by atoms with van der Waals surface area (Å²) in [5, 5.41) is 10.1. The van der Waals surface area contributed by atoms with E-state index in [-0.39, 0.29) is 45.5 Å². The number of carbonyl (C=O) groups is 1. The van der Waals surface area contributed by atoms with Crippen molar-refractivity contribution in [3.63, 3.8) is 0 Å². The number of benzene rings is 2. The van der Waals surface area contributed by atoms with Crippen LogP contribution in [0.25, 0.3) is 0 Å². The number of nitrogens with zero attached hydrogens (tertiary/aromatic N) is 1. The van der Waals surface area contributed by atoms with Crippen molar-refractivity contribution in [2.45, 2.75) is 31.8 Å². The second-order valence-corrected chi connectivity index (χ2v) is 8.09. The van der Waals surface area contributed by atoms with E-state index in [4.69, 9.17) is 38.4 Å². The Kier molecular flexibility index (Phi) is 5.90. The van der Waals surface area contributed by atoms with Crippen LogP contribution in [0.15, 0.2) is 59.2 Å². The van der Waals surface area contributed by atoms with Gasteiger partial charge in [0.25, 0.3) is 0 Å². The minimum absolute atomic E-state index is 0.0281. The van der Waals surface area contributed by atoms with Gasteiger partial charge in [-0.2, -0.15) is 5.26 Å². The molecule has 158 valence electrons. The van der Waals surface area contributed by atoms with E-state index in [2.05, 4.69) is 6.07 Å². The summed E-state index contributed by atoms with van der Waals surface area (Å²) >= 11 is 12.9. The zero-order chi connectivity index (χ0) is 22.1. The second kappa shape index (κ2) is 8.62. The third kappa shape index (κ3) is 4.12. The van der Waals surface area contributed by atoms with Gasteiger partial charge in [0.1, 0.15) is 29.8 Å². The molecule has 2 aromatic carbocycles. The molecule has 0 saturated carbocycles. The van der Waals surface area contributed by atoms with Gasteiger partial charge in [-0.05, 0) is 41.8 Å². The lowest BCUT2D eigenvalue weighted by Crippen LogP contribution is -2.27. The maximum absolute atomic E-state index is 13.4. The zero-order valence-electron chi connectivity index (χ0n) is 16.3. The van der Waals surface area contributed by atoms with E-state index in [1.165, 1.54) is 12.1 Å². The van der Waals surface area contributed by atoms with Crippen LogP contribution in [-0.4, -0.2) is 5.78 Å². The van der Waals surface area contributed by atoms with E-state index in [1.807, 2.05) is 0 Å². The van der Waals surface area contributed by atoms with Crippen molar-refractivity contribution in [3.8, 4) is 11.8 Å². The first-order valence-electron chi connectivity index (χ1n) is 9.59. The van der Waals surface area contributed by atoms with Crippen LogP contribution in [0.2, 0.25) is 10.0 Å². The largest absolute Gasteiger partial charge is 0.486 e. The van der Waals surface area contributed by atoms with Crippen molar-refractivity contribution in [3.05, 3.63) is 86.2 Å². The van der Waals surface area contributed by atoms with Crippen molar-refractivity contribution in [2.75, 3.05) is 0 Å². The Morgan fingerprint density at radius 1 is 1.23 bits per heavy atom. The summed E-state index contributed by atoms with van der Waals surface area (Å²) in [4.78, 5) is 12.7. The molecular formula is C23H17Cl2FN2O3. The summed E-state index contributed by atoms with van der Waals surface area (Å²) < 4.78 is 24.7. The summed E-state index contributed by atoms with van der Waals surface area (Å²) in [6, 6.07) is 11.2. The molecular weight excluding hydrogens is 442 g/mol. The van der Waals surface area contributed by atoms with Crippen LogP contribution in [0, 0.1) is 17.1 Å². The lowest BCUT2D eigenvalue weighted by molar-refractivity contribution is -0.116. The Balaban J connectivity index is 1.70. The van der Waals surface area contributed by atoms with E-state index in [1.54, 1.807) is 24.3 Å². The molecule has 0 amide bonds. The molecule has 5 nitrogen and oxygen atoms in total. The quantitative estimate of drug-likeness (QED) is 0.650. The maximum atomic E-state index is 13.4. The number of ketones is 1. The zero-order valence-corrected chi connectivity index (χ0v) is 17.8. The monoisotopic (exact) mass is 458 g/mol. The van der Waals surface area contributed by atoms with Crippen molar-refractivity contribution in [1.82, 2.24) is 0 Å². The fourth-order valence-electron chi connectivity index (χ4n) is 3.86. The smallest absolute Gasteiger partial charge is 0.205 e. The number of hydrogen-bond donors (Lipinski definition) is 1. The number of Topliss-reactive ketones (excluding diaryl/α,β-unsaturated/α-hetero) is 1. The van der Waals surface area contributed by atoms with Crippen LogP contribution in [0.3, 0.4) is 0 Å². The number of halogens is 3. The molecule has 0 unspecified atom stereocenters. The van der Waals surface area contributed by atoms with Gasteiger partial charge in [0.15, 0.2) is 11.5 Å². The minimum atomic E-state index is -0.714. The average Bonchev–Trinajstić information content (AvgIpc) is 2.72. The molecule has 0 saturated heterocycles. The highest BCUT2D eigenvalue weighted by Gasteiger charge is 2.38. The first kappa shape index (κ1) is 21.2. The van der Waals surface area contributed by atoms with Gasteiger partial charge < -0.3 is 15.2 Å². The Morgan fingerprint density at radius 2 is 1.97 bits per heavy atom. The summed E-state index contributed by atoms with van der Waals surface area (Å²) in [5.41, 5.74) is 7.67. The molecule has 0 radical (unpaired) electrons. The number of rotatable bonds is 4. The van der Waals surface area contributed by atoms with E-state index >= 15 is 0 Å². The number of allylic oxidation sites excluding steroid dienone is 3. The lowest BCUT2D eigenvalue weighted by atomic mass is 9.77. The molecule has 8 heteroatoms. The molecule has 1 aliphatic heterocycles. The molecule has 2 aromatic rings. The van der Waals surface area contributed by atoms with Crippen LogP contribution in [0.5, 0.6) is 5.75 Å². The molecule has 31 heavy (non-hydrogen) atoms. The molecule has 1 heterocycles. The number of nitrogens with two attached hydrogens (primary N) is 1. The van der Waals surface area contributed by atoms with E-state index < -0.39 is 5.92 Å². The van der Waals surface area contributed by atoms with Crippen LogP contribution in [0.4, 0.5) is 4.39 Å². The number of hydrogen-bond acceptors (Lipinski definition) is 5. The SMILES string of the molecule is N#CC1=C(N)OC2=C(C(=O)CCC2)[C@H]1c1cc(Cl)c(OCc2cccc(F)c2)c(Cl)c1. The Labute approximate surface area is 188 Å². The fraction of sp³-hybridized carbons (Fsp3) is 0.217. The highest BCUT2D eigenvalue weighted by atomic mass is 35.5. The number of carbonyl (C=O) groups excluding carboxylic acids is 1. The third-order valence-corrected chi connectivity index (χ3v) is 5.79. The van der Waals surface area contributed by atoms with Crippen LogP contribution in [-0.2, 0) is 16.1 Å². The predicted octanol–water partition coefficient (Wildman–Crippen LogP) is 5.53. The van der Waals surface area contributed by atoms with Gasteiger partial charge in [-0.1, -0.05) is 35.3 Å². The highest BCUT2D eigenvalue weighted by Crippen LogP contribution is 2.46. The summed E-state index contributed by atoms with van der Waals surface area (Å²) in [7, 11) is 0. The van der Waals surface area contributed by atoms with Gasteiger partial charge in [-0.3, -0.25) is 4.79 Å². The number of nitriles is 1. The van der Waals surface area contributed by atoms with Gasteiger partial charge in [0.05, 0.1) is 16.0 Å². The highest BCUT2D eigenvalue weighted by molar-refractivity contribution is 6.37. The molecule has 2 aliphatic rings. The van der Waals surface area contributed by atoms with E-state index in [9.17, 15) is 14.4 Å². The average molecular weight is 459 g/mol. The molecule has 0 spiro atoms. The Morgan fingerprint density at radius 3 is 2.65 bits per heavy atom. The minimum Gasteiger partial charge on any atom is -0.486 e. The first-order chi connectivity index (χ1) is 14.9. The van der Waals surface area contributed by atoms with Crippen molar-refractivity contribution in [1.29, 1.82) is 5.26 Å². The van der Waals surface area contributed by atoms with Gasteiger partial charge >= 0.3 is 0 Å². The number of ether oxygens (including phenoxy) is 2. The molecule has 4 rings (SSSR count). The Hall–Kier alpha value is -3.01. The van der Waals surface area contributed by atoms with Gasteiger partial charge in [-0.15, -0.1) is 0 Å². The maximum Gasteiger partial charge on any atom is 0.205 e. The lowest BCUT2D eigenvalue weighted by Gasteiger charge is -2.31. The van der Waals surface area contributed by atoms with Gasteiger partial charge in [-0.25, -0.2) is 4.39 Å². The molecule has 1 aliphatic carbocycles. The molecule has 0 fully saturated rings.